The van der Waals surface area contributed by atoms with E-state index in [-0.39, 0.29) is 5.82 Å². The van der Waals surface area contributed by atoms with Gasteiger partial charge in [0, 0.05) is 23.8 Å². The van der Waals surface area contributed by atoms with Crippen LogP contribution in [0.1, 0.15) is 61.4 Å². The van der Waals surface area contributed by atoms with Gasteiger partial charge in [-0.15, -0.1) is 0 Å². The summed E-state index contributed by atoms with van der Waals surface area (Å²) in [7, 11) is 0. The number of hydrogen-bond acceptors (Lipinski definition) is 5. The summed E-state index contributed by atoms with van der Waals surface area (Å²) in [6, 6.07) is 7.76. The van der Waals surface area contributed by atoms with Crippen LogP contribution >= 0.6 is 0 Å². The lowest BCUT2D eigenvalue weighted by molar-refractivity contribution is 0.243. The van der Waals surface area contributed by atoms with Gasteiger partial charge >= 0.3 is 0 Å². The predicted molar refractivity (Wildman–Crippen MR) is 116 cm³/mol. The van der Waals surface area contributed by atoms with Crippen LogP contribution in [-0.4, -0.2) is 31.2 Å². The Balaban J connectivity index is 1.48. The predicted octanol–water partition coefficient (Wildman–Crippen LogP) is 5.09. The fourth-order valence-corrected chi connectivity index (χ4v) is 4.26. The maximum absolute atomic E-state index is 13.0. The number of hydrogen-bond donors (Lipinski definition) is 1. The number of nitrogens with zero attached hydrogens (tertiary/aromatic N) is 5. The molecule has 1 fully saturated rings. The van der Waals surface area contributed by atoms with E-state index < -0.39 is 0 Å². The maximum Gasteiger partial charge on any atom is 0.141 e. The highest BCUT2D eigenvalue weighted by molar-refractivity contribution is 5.54. The van der Waals surface area contributed by atoms with Crippen molar-refractivity contribution in [2.24, 2.45) is 0 Å². The third kappa shape index (κ3) is 4.21. The van der Waals surface area contributed by atoms with Crippen molar-refractivity contribution in [3.8, 4) is 0 Å². The van der Waals surface area contributed by atoms with Gasteiger partial charge in [-0.2, -0.15) is 5.10 Å². The third-order valence-corrected chi connectivity index (χ3v) is 5.82. The van der Waals surface area contributed by atoms with E-state index in [2.05, 4.69) is 53.6 Å². The van der Waals surface area contributed by atoms with Crippen molar-refractivity contribution in [3.05, 3.63) is 65.1 Å². The Hall–Kier alpha value is -2.80. The number of pyridine rings is 2. The van der Waals surface area contributed by atoms with Crippen LogP contribution in [0.5, 0.6) is 0 Å². The van der Waals surface area contributed by atoms with Gasteiger partial charge in [0.25, 0.3) is 0 Å². The molecule has 1 aliphatic heterocycles. The summed E-state index contributed by atoms with van der Waals surface area (Å²) in [6.07, 6.45) is 5.30. The Bertz CT molecular complexity index is 994. The largest absolute Gasteiger partial charge is 0.339 e. The SMILES string of the molecule is Cc1nn(C(C)C)c(C)c1CN1CCC[C@@H]1c1ccc(Nc2ccc(F)cn2)cn1. The molecule has 0 bridgehead atoms. The van der Waals surface area contributed by atoms with Crippen molar-refractivity contribution in [2.75, 3.05) is 11.9 Å². The molecule has 0 unspecified atom stereocenters. The number of aromatic nitrogens is 4. The molecule has 4 rings (SSSR count). The lowest BCUT2D eigenvalue weighted by Gasteiger charge is -2.24. The molecule has 0 radical (unpaired) electrons. The molecule has 1 saturated heterocycles. The first-order chi connectivity index (χ1) is 14.4. The van der Waals surface area contributed by atoms with Crippen molar-refractivity contribution in [1.29, 1.82) is 0 Å². The molecule has 3 aromatic heterocycles. The van der Waals surface area contributed by atoms with E-state index in [1.807, 2.05) is 12.3 Å². The molecule has 1 N–H and O–H groups in total. The minimum Gasteiger partial charge on any atom is -0.339 e. The molecule has 158 valence electrons. The van der Waals surface area contributed by atoms with Gasteiger partial charge in [0.2, 0.25) is 0 Å². The molecule has 3 aromatic rings. The topological polar surface area (TPSA) is 58.9 Å². The number of anilines is 2. The Morgan fingerprint density at radius 3 is 2.60 bits per heavy atom. The molecule has 4 heterocycles. The summed E-state index contributed by atoms with van der Waals surface area (Å²) in [6.45, 7) is 10.6. The van der Waals surface area contributed by atoms with Crippen molar-refractivity contribution in [2.45, 2.75) is 59.2 Å². The van der Waals surface area contributed by atoms with Crippen LogP contribution in [0.4, 0.5) is 15.9 Å². The summed E-state index contributed by atoms with van der Waals surface area (Å²) in [5, 5.41) is 7.91. The van der Waals surface area contributed by atoms with Gasteiger partial charge in [0.1, 0.15) is 11.6 Å². The van der Waals surface area contributed by atoms with E-state index in [0.717, 1.165) is 36.6 Å². The summed E-state index contributed by atoms with van der Waals surface area (Å²) in [5.74, 6) is 0.251. The normalized spacial score (nSPS) is 17.1. The third-order valence-electron chi connectivity index (χ3n) is 5.82. The summed E-state index contributed by atoms with van der Waals surface area (Å²) < 4.78 is 15.1. The highest BCUT2D eigenvalue weighted by Crippen LogP contribution is 2.34. The summed E-state index contributed by atoms with van der Waals surface area (Å²) >= 11 is 0. The Labute approximate surface area is 177 Å². The highest BCUT2D eigenvalue weighted by atomic mass is 19.1. The van der Waals surface area contributed by atoms with Gasteiger partial charge in [0.05, 0.1) is 35.5 Å². The zero-order valence-corrected chi connectivity index (χ0v) is 18.1. The fraction of sp³-hybridized carbons (Fsp3) is 0.435. The molecule has 7 heteroatoms. The van der Waals surface area contributed by atoms with E-state index in [0.29, 0.717) is 17.9 Å². The van der Waals surface area contributed by atoms with Gasteiger partial charge < -0.3 is 5.32 Å². The van der Waals surface area contributed by atoms with Crippen molar-refractivity contribution in [1.82, 2.24) is 24.6 Å². The molecule has 1 aliphatic rings. The van der Waals surface area contributed by atoms with E-state index >= 15 is 0 Å². The van der Waals surface area contributed by atoms with Crippen LogP contribution in [0.25, 0.3) is 0 Å². The van der Waals surface area contributed by atoms with Crippen molar-refractivity contribution >= 4 is 11.5 Å². The maximum atomic E-state index is 13.0. The van der Waals surface area contributed by atoms with E-state index in [1.165, 1.54) is 29.9 Å². The number of likely N-dealkylation sites (tertiary alicyclic amines) is 1. The van der Waals surface area contributed by atoms with E-state index in [4.69, 9.17) is 10.1 Å². The quantitative estimate of drug-likeness (QED) is 0.616. The van der Waals surface area contributed by atoms with Gasteiger partial charge in [-0.3, -0.25) is 14.6 Å². The van der Waals surface area contributed by atoms with Crippen LogP contribution in [0, 0.1) is 19.7 Å². The van der Waals surface area contributed by atoms with Gasteiger partial charge in [0.15, 0.2) is 0 Å². The molecular formula is C23H29FN6. The average molecular weight is 409 g/mol. The van der Waals surface area contributed by atoms with Crippen LogP contribution in [0.2, 0.25) is 0 Å². The zero-order chi connectivity index (χ0) is 21.3. The molecular weight excluding hydrogens is 379 g/mol. The van der Waals surface area contributed by atoms with Crippen LogP contribution in [0.3, 0.4) is 0 Å². The second kappa shape index (κ2) is 8.52. The van der Waals surface area contributed by atoms with E-state index in [9.17, 15) is 4.39 Å². The monoisotopic (exact) mass is 408 g/mol. The molecule has 0 saturated carbocycles. The van der Waals surface area contributed by atoms with Crippen LogP contribution in [0.15, 0.2) is 36.7 Å². The first kappa shape index (κ1) is 20.5. The number of rotatable bonds is 6. The smallest absolute Gasteiger partial charge is 0.141 e. The second-order valence-corrected chi connectivity index (χ2v) is 8.27. The Kier molecular flexibility index (Phi) is 5.81. The molecule has 30 heavy (non-hydrogen) atoms. The first-order valence-electron chi connectivity index (χ1n) is 10.6. The zero-order valence-electron chi connectivity index (χ0n) is 18.1. The lowest BCUT2D eigenvalue weighted by Crippen LogP contribution is -2.24. The standard InChI is InChI=1S/C23H29FN6/c1-15(2)30-17(4)20(16(3)28-30)14-29-11-5-6-22(29)21-9-8-19(13-25-21)27-23-10-7-18(24)12-26-23/h7-10,12-13,15,22H,5-6,11,14H2,1-4H3,(H,26,27)/t22-/m1/s1. The van der Waals surface area contributed by atoms with Crippen LogP contribution < -0.4 is 5.32 Å². The summed E-state index contributed by atoms with van der Waals surface area (Å²) in [4.78, 5) is 11.3. The second-order valence-electron chi connectivity index (χ2n) is 8.27. The van der Waals surface area contributed by atoms with Crippen molar-refractivity contribution < 1.29 is 4.39 Å². The molecule has 6 nitrogen and oxygen atoms in total. The number of halogens is 1. The van der Waals surface area contributed by atoms with E-state index in [1.54, 1.807) is 6.07 Å². The van der Waals surface area contributed by atoms with Crippen LogP contribution in [-0.2, 0) is 6.54 Å². The molecule has 0 amide bonds. The minimum atomic E-state index is -0.347. The van der Waals surface area contributed by atoms with Crippen molar-refractivity contribution in [3.63, 3.8) is 0 Å². The number of aryl methyl sites for hydroxylation is 1. The van der Waals surface area contributed by atoms with Gasteiger partial charge in [-0.25, -0.2) is 9.37 Å². The molecule has 0 aromatic carbocycles. The highest BCUT2D eigenvalue weighted by Gasteiger charge is 2.28. The first-order valence-corrected chi connectivity index (χ1v) is 10.6. The fourth-order valence-electron chi connectivity index (χ4n) is 4.26. The summed E-state index contributed by atoms with van der Waals surface area (Å²) in [5.41, 5.74) is 5.62. The molecule has 0 aliphatic carbocycles. The Morgan fingerprint density at radius 1 is 1.13 bits per heavy atom. The van der Waals surface area contributed by atoms with Gasteiger partial charge in [-0.1, -0.05) is 0 Å². The lowest BCUT2D eigenvalue weighted by atomic mass is 10.1. The Morgan fingerprint density at radius 2 is 1.97 bits per heavy atom. The molecule has 1 atom stereocenters. The number of nitrogens with one attached hydrogen (secondary N) is 1. The van der Waals surface area contributed by atoms with Gasteiger partial charge in [-0.05, 0) is 71.3 Å². The average Bonchev–Trinajstić information content (AvgIpc) is 3.30. The molecule has 0 spiro atoms. The minimum absolute atomic E-state index is 0.309.